The third kappa shape index (κ3) is 3.43. The number of thiophene rings is 1. The summed E-state index contributed by atoms with van der Waals surface area (Å²) in [4.78, 5) is 25.6. The van der Waals surface area contributed by atoms with Crippen LogP contribution in [0, 0.1) is 5.92 Å². The van der Waals surface area contributed by atoms with Crippen molar-refractivity contribution in [1.29, 1.82) is 0 Å². The molecule has 23 heavy (non-hydrogen) atoms. The van der Waals surface area contributed by atoms with Crippen molar-refractivity contribution < 1.29 is 19.1 Å². The Bertz CT molecular complexity index is 705. The van der Waals surface area contributed by atoms with E-state index in [1.165, 1.54) is 18.4 Å². The number of benzene rings is 1. The summed E-state index contributed by atoms with van der Waals surface area (Å²) in [6, 6.07) is 11.5. The van der Waals surface area contributed by atoms with E-state index < -0.39 is 5.97 Å². The van der Waals surface area contributed by atoms with Gasteiger partial charge in [-0.05, 0) is 18.1 Å². The van der Waals surface area contributed by atoms with Gasteiger partial charge in [-0.1, -0.05) is 30.3 Å². The number of hydrogen-bond acceptors (Lipinski definition) is 5. The van der Waals surface area contributed by atoms with E-state index in [0.29, 0.717) is 30.2 Å². The average molecular weight is 331 g/mol. The Labute approximate surface area is 138 Å². The van der Waals surface area contributed by atoms with Crippen LogP contribution in [0.1, 0.15) is 16.1 Å². The molecule has 120 valence electrons. The lowest BCUT2D eigenvalue weighted by Crippen LogP contribution is -2.23. The van der Waals surface area contributed by atoms with Gasteiger partial charge < -0.3 is 14.8 Å². The van der Waals surface area contributed by atoms with E-state index in [4.69, 9.17) is 9.47 Å². The van der Waals surface area contributed by atoms with Gasteiger partial charge in [0, 0.05) is 11.5 Å². The van der Waals surface area contributed by atoms with E-state index >= 15 is 0 Å². The maximum absolute atomic E-state index is 12.3. The van der Waals surface area contributed by atoms with Gasteiger partial charge in [0.15, 0.2) is 0 Å². The molecule has 1 aliphatic heterocycles. The molecular formula is C17H17NO4S. The highest BCUT2D eigenvalue weighted by Gasteiger charge is 2.26. The number of ether oxygens (including phenoxy) is 2. The number of rotatable bonds is 4. The normalized spacial score (nSPS) is 17.0. The topological polar surface area (TPSA) is 64.6 Å². The van der Waals surface area contributed by atoms with Gasteiger partial charge in [0.05, 0.1) is 25.3 Å². The van der Waals surface area contributed by atoms with Crippen molar-refractivity contribution in [3.8, 4) is 10.4 Å². The minimum Gasteiger partial charge on any atom is -0.465 e. The summed E-state index contributed by atoms with van der Waals surface area (Å²) in [5.74, 6) is -0.735. The lowest BCUT2D eigenvalue weighted by molar-refractivity contribution is -0.119. The van der Waals surface area contributed by atoms with Gasteiger partial charge in [-0.15, -0.1) is 11.3 Å². The van der Waals surface area contributed by atoms with Crippen molar-refractivity contribution in [3.05, 3.63) is 41.3 Å². The van der Waals surface area contributed by atoms with Crippen LogP contribution in [0.2, 0.25) is 0 Å². The predicted octanol–water partition coefficient (Wildman–Crippen LogP) is 3.18. The predicted molar refractivity (Wildman–Crippen MR) is 88.7 cm³/mol. The van der Waals surface area contributed by atoms with Crippen molar-refractivity contribution in [2.45, 2.75) is 6.42 Å². The van der Waals surface area contributed by atoms with Crippen LogP contribution in [0.4, 0.5) is 5.69 Å². The van der Waals surface area contributed by atoms with Crippen molar-refractivity contribution in [1.82, 2.24) is 0 Å². The Morgan fingerprint density at radius 1 is 1.30 bits per heavy atom. The van der Waals surface area contributed by atoms with Crippen LogP contribution >= 0.6 is 11.3 Å². The quantitative estimate of drug-likeness (QED) is 0.874. The van der Waals surface area contributed by atoms with E-state index in [1.807, 2.05) is 36.4 Å². The average Bonchev–Trinajstić information content (AvgIpc) is 3.25. The molecule has 1 amide bonds. The Balaban J connectivity index is 1.89. The fourth-order valence-electron chi connectivity index (χ4n) is 2.45. The Kier molecular flexibility index (Phi) is 4.73. The number of anilines is 1. The van der Waals surface area contributed by atoms with Crippen LogP contribution in [-0.2, 0) is 14.3 Å². The molecule has 3 rings (SSSR count). The van der Waals surface area contributed by atoms with Crippen molar-refractivity contribution in [3.63, 3.8) is 0 Å². The zero-order valence-corrected chi connectivity index (χ0v) is 13.5. The number of nitrogens with one attached hydrogen (secondary N) is 1. The first-order valence-electron chi connectivity index (χ1n) is 7.35. The molecular weight excluding hydrogens is 314 g/mol. The Morgan fingerprint density at radius 3 is 2.74 bits per heavy atom. The molecule has 1 atom stereocenters. The first kappa shape index (κ1) is 15.7. The molecule has 2 aromatic rings. The highest BCUT2D eigenvalue weighted by atomic mass is 32.1. The summed E-state index contributed by atoms with van der Waals surface area (Å²) in [5, 5.41) is 2.85. The molecule has 1 unspecified atom stereocenters. The van der Waals surface area contributed by atoms with Crippen LogP contribution in [-0.4, -0.2) is 32.2 Å². The fourth-order valence-corrected chi connectivity index (χ4v) is 3.49. The summed E-state index contributed by atoms with van der Waals surface area (Å²) in [6.07, 6.45) is 0.703. The second kappa shape index (κ2) is 6.93. The SMILES string of the molecule is COC(=O)c1sc(-c2ccccc2)cc1NC(=O)C1CCOC1. The smallest absolute Gasteiger partial charge is 0.350 e. The monoisotopic (exact) mass is 331 g/mol. The largest absolute Gasteiger partial charge is 0.465 e. The highest BCUT2D eigenvalue weighted by molar-refractivity contribution is 7.18. The van der Waals surface area contributed by atoms with Crippen molar-refractivity contribution in [2.24, 2.45) is 5.92 Å². The van der Waals surface area contributed by atoms with Gasteiger partial charge in [-0.2, -0.15) is 0 Å². The minimum atomic E-state index is -0.449. The van der Waals surface area contributed by atoms with Gasteiger partial charge in [0.25, 0.3) is 0 Å². The summed E-state index contributed by atoms with van der Waals surface area (Å²) >= 11 is 1.31. The van der Waals surface area contributed by atoms with Crippen LogP contribution in [0.25, 0.3) is 10.4 Å². The number of esters is 1. The van der Waals surface area contributed by atoms with Gasteiger partial charge in [0.1, 0.15) is 4.88 Å². The molecule has 2 heterocycles. The molecule has 0 bridgehead atoms. The number of carbonyl (C=O) groups excluding carboxylic acids is 2. The molecule has 0 aliphatic carbocycles. The van der Waals surface area contributed by atoms with Gasteiger partial charge in [-0.25, -0.2) is 4.79 Å². The summed E-state index contributed by atoms with van der Waals surface area (Å²) < 4.78 is 10.1. The van der Waals surface area contributed by atoms with E-state index in [1.54, 1.807) is 0 Å². The van der Waals surface area contributed by atoms with Crippen molar-refractivity contribution in [2.75, 3.05) is 25.6 Å². The zero-order chi connectivity index (χ0) is 16.2. The summed E-state index contributed by atoms with van der Waals surface area (Å²) in [7, 11) is 1.33. The molecule has 0 radical (unpaired) electrons. The van der Waals surface area contributed by atoms with Gasteiger partial charge in [0.2, 0.25) is 5.91 Å². The number of carbonyl (C=O) groups is 2. The first-order chi connectivity index (χ1) is 11.2. The third-order valence-electron chi connectivity index (χ3n) is 3.72. The molecule has 6 heteroatoms. The third-order valence-corrected chi connectivity index (χ3v) is 4.88. The van der Waals surface area contributed by atoms with Gasteiger partial charge >= 0.3 is 5.97 Å². The zero-order valence-electron chi connectivity index (χ0n) is 12.7. The molecule has 1 aliphatic rings. The molecule has 0 saturated carbocycles. The fraction of sp³-hybridized carbons (Fsp3) is 0.294. The van der Waals surface area contributed by atoms with E-state index in [-0.39, 0.29) is 11.8 Å². The lowest BCUT2D eigenvalue weighted by Gasteiger charge is -2.09. The summed E-state index contributed by atoms with van der Waals surface area (Å²) in [5.41, 5.74) is 1.49. The lowest BCUT2D eigenvalue weighted by atomic mass is 10.1. The number of amides is 1. The molecule has 1 saturated heterocycles. The highest BCUT2D eigenvalue weighted by Crippen LogP contribution is 2.35. The molecule has 1 fully saturated rings. The first-order valence-corrected chi connectivity index (χ1v) is 8.17. The Morgan fingerprint density at radius 2 is 2.09 bits per heavy atom. The number of methoxy groups -OCH3 is 1. The van der Waals surface area contributed by atoms with Crippen LogP contribution in [0.15, 0.2) is 36.4 Å². The van der Waals surface area contributed by atoms with Crippen LogP contribution < -0.4 is 5.32 Å². The van der Waals surface area contributed by atoms with E-state index in [0.717, 1.165) is 10.4 Å². The van der Waals surface area contributed by atoms with Crippen LogP contribution in [0.5, 0.6) is 0 Å². The minimum absolute atomic E-state index is 0.120. The second-order valence-electron chi connectivity index (χ2n) is 5.26. The molecule has 5 nitrogen and oxygen atoms in total. The van der Waals surface area contributed by atoms with E-state index in [2.05, 4.69) is 5.32 Å². The maximum atomic E-state index is 12.3. The molecule has 0 spiro atoms. The second-order valence-corrected chi connectivity index (χ2v) is 6.31. The van der Waals surface area contributed by atoms with E-state index in [9.17, 15) is 9.59 Å². The Hall–Kier alpha value is -2.18. The summed E-state index contributed by atoms with van der Waals surface area (Å²) in [6.45, 7) is 1.02. The maximum Gasteiger partial charge on any atom is 0.350 e. The number of hydrogen-bond donors (Lipinski definition) is 1. The standard InChI is InChI=1S/C17H17NO4S/c1-21-17(20)15-13(18-16(19)12-7-8-22-10-12)9-14(23-15)11-5-3-2-4-6-11/h2-6,9,12H,7-8,10H2,1H3,(H,18,19). The molecule has 1 aromatic carbocycles. The van der Waals surface area contributed by atoms with Crippen molar-refractivity contribution >= 4 is 28.9 Å². The molecule has 1 N–H and O–H groups in total. The molecule has 1 aromatic heterocycles. The van der Waals surface area contributed by atoms with Gasteiger partial charge in [-0.3, -0.25) is 4.79 Å². The van der Waals surface area contributed by atoms with Crippen LogP contribution in [0.3, 0.4) is 0 Å².